The molecule has 1 aromatic carbocycles. The van der Waals surface area contributed by atoms with Gasteiger partial charge in [-0.3, -0.25) is 0 Å². The first-order valence-electron chi connectivity index (χ1n) is 6.02. The van der Waals surface area contributed by atoms with Gasteiger partial charge in [0.2, 0.25) is 0 Å². The molecule has 0 bridgehead atoms. The van der Waals surface area contributed by atoms with Gasteiger partial charge in [-0.1, -0.05) is 6.07 Å². The fraction of sp³-hybridized carbons (Fsp3) is 0.462. The molecule has 2 rings (SSSR count). The second kappa shape index (κ2) is 5.48. The largest absolute Gasteiger partial charge is 0.457 e. The van der Waals surface area contributed by atoms with Gasteiger partial charge in [0.05, 0.1) is 12.2 Å². The van der Waals surface area contributed by atoms with Crippen LogP contribution in [0.15, 0.2) is 12.1 Å². The minimum atomic E-state index is -0.257. The van der Waals surface area contributed by atoms with Crippen molar-refractivity contribution < 1.29 is 14.6 Å². The molecule has 1 aliphatic rings. The molecule has 1 aromatic rings. The van der Waals surface area contributed by atoms with E-state index >= 15 is 0 Å². The molecule has 0 aromatic heterocycles. The summed E-state index contributed by atoms with van der Waals surface area (Å²) in [5.74, 6) is -0.257. The molecule has 0 amide bonds. The number of fused-ring (bicyclic) bond motifs is 1. The summed E-state index contributed by atoms with van der Waals surface area (Å²) in [7, 11) is 0. The summed E-state index contributed by atoms with van der Waals surface area (Å²) >= 11 is 0. The summed E-state index contributed by atoms with van der Waals surface area (Å²) in [4.78, 5) is 11.4. The molecule has 0 saturated heterocycles. The van der Waals surface area contributed by atoms with Crippen LogP contribution in [-0.2, 0) is 11.3 Å². The highest BCUT2D eigenvalue weighted by atomic mass is 16.5. The normalized spacial score (nSPS) is 15.4. The van der Waals surface area contributed by atoms with Crippen LogP contribution in [0.1, 0.15) is 33.1 Å². The lowest BCUT2D eigenvalue weighted by Crippen LogP contribution is -2.31. The van der Waals surface area contributed by atoms with E-state index < -0.39 is 0 Å². The molecule has 5 nitrogen and oxygen atoms in total. The number of ether oxygens (including phenoxy) is 1. The lowest BCUT2D eigenvalue weighted by Gasteiger charge is -2.20. The van der Waals surface area contributed by atoms with Crippen molar-refractivity contribution in [2.45, 2.75) is 19.6 Å². The first kappa shape index (κ1) is 13.0. The van der Waals surface area contributed by atoms with Crippen molar-refractivity contribution in [3.05, 3.63) is 34.4 Å². The Morgan fingerprint density at radius 1 is 1.56 bits per heavy atom. The topological polar surface area (TPSA) is 84.6 Å². The highest BCUT2D eigenvalue weighted by Gasteiger charge is 2.25. The van der Waals surface area contributed by atoms with Crippen molar-refractivity contribution in [3.63, 3.8) is 0 Å². The maximum Gasteiger partial charge on any atom is 0.338 e. The van der Waals surface area contributed by atoms with Crippen LogP contribution in [0.2, 0.25) is 0 Å². The zero-order valence-electron chi connectivity index (χ0n) is 10.4. The number of nitrogens with two attached hydrogens (primary N) is 1. The van der Waals surface area contributed by atoms with Crippen LogP contribution in [-0.4, -0.2) is 30.8 Å². The van der Waals surface area contributed by atoms with Crippen LogP contribution in [0, 0.1) is 6.92 Å². The number of benzene rings is 1. The van der Waals surface area contributed by atoms with Gasteiger partial charge in [-0.25, -0.2) is 4.79 Å². The Balaban J connectivity index is 2.31. The lowest BCUT2D eigenvalue weighted by molar-refractivity contribution is 0.0535. The molecule has 18 heavy (non-hydrogen) atoms. The maximum absolute atomic E-state index is 11.4. The number of carbonyl (C=O) groups excluding carboxylic acids is 1. The quantitative estimate of drug-likeness (QED) is 0.652. The van der Waals surface area contributed by atoms with Gasteiger partial charge >= 0.3 is 5.97 Å². The molecule has 1 atom stereocenters. The molecule has 5 heteroatoms. The summed E-state index contributed by atoms with van der Waals surface area (Å²) in [6, 6.07) is 3.68. The van der Waals surface area contributed by atoms with E-state index in [1.807, 2.05) is 13.0 Å². The van der Waals surface area contributed by atoms with Crippen LogP contribution in [0.5, 0.6) is 0 Å². The van der Waals surface area contributed by atoms with Crippen molar-refractivity contribution >= 4 is 5.97 Å². The van der Waals surface area contributed by atoms with Crippen LogP contribution >= 0.6 is 0 Å². The third-order valence-electron chi connectivity index (χ3n) is 3.32. The van der Waals surface area contributed by atoms with E-state index in [1.165, 1.54) is 0 Å². The molecule has 0 radical (unpaired) electrons. The number of esters is 1. The summed E-state index contributed by atoms with van der Waals surface area (Å²) < 4.78 is 5.02. The number of aliphatic hydroxyl groups is 1. The molecule has 4 N–H and O–H groups in total. The predicted molar refractivity (Wildman–Crippen MR) is 67.2 cm³/mol. The van der Waals surface area contributed by atoms with Crippen molar-refractivity contribution in [3.8, 4) is 0 Å². The van der Waals surface area contributed by atoms with Crippen molar-refractivity contribution in [1.29, 1.82) is 0 Å². The first-order valence-corrected chi connectivity index (χ1v) is 6.02. The van der Waals surface area contributed by atoms with Gasteiger partial charge in [-0.2, -0.15) is 0 Å². The lowest BCUT2D eigenvalue weighted by atomic mass is 9.94. The second-order valence-electron chi connectivity index (χ2n) is 4.35. The van der Waals surface area contributed by atoms with Crippen LogP contribution in [0.4, 0.5) is 0 Å². The number of hydrogen-bond donors (Lipinski definition) is 3. The van der Waals surface area contributed by atoms with E-state index in [9.17, 15) is 4.79 Å². The Hall–Kier alpha value is -1.43. The molecule has 1 heterocycles. The molecule has 0 spiro atoms. The number of carbonyl (C=O) groups is 1. The molecule has 98 valence electrons. The fourth-order valence-electron chi connectivity index (χ4n) is 2.30. The first-order chi connectivity index (χ1) is 8.69. The van der Waals surface area contributed by atoms with Crippen molar-refractivity contribution in [2.24, 2.45) is 5.73 Å². The zero-order valence-corrected chi connectivity index (χ0v) is 10.4. The number of nitrogens with one attached hydrogen (secondary N) is 1. The Morgan fingerprint density at radius 3 is 3.00 bits per heavy atom. The van der Waals surface area contributed by atoms with Crippen LogP contribution in [0.3, 0.4) is 0 Å². The van der Waals surface area contributed by atoms with E-state index in [0.29, 0.717) is 25.3 Å². The summed E-state index contributed by atoms with van der Waals surface area (Å²) in [6.45, 7) is 3.31. The molecular weight excluding hydrogens is 232 g/mol. The minimum absolute atomic E-state index is 0.0156. The van der Waals surface area contributed by atoms with Gasteiger partial charge in [0, 0.05) is 24.7 Å². The van der Waals surface area contributed by atoms with Crippen LogP contribution in [0.25, 0.3) is 0 Å². The molecule has 0 saturated carbocycles. The average Bonchev–Trinajstić information content (AvgIpc) is 2.75. The van der Waals surface area contributed by atoms with E-state index in [1.54, 1.807) is 6.07 Å². The molecule has 1 aliphatic heterocycles. The highest BCUT2D eigenvalue weighted by Crippen LogP contribution is 2.28. The Labute approximate surface area is 106 Å². The summed E-state index contributed by atoms with van der Waals surface area (Å²) in [6.07, 6.45) is 0. The maximum atomic E-state index is 11.4. The van der Waals surface area contributed by atoms with Gasteiger partial charge in [-0.05, 0) is 24.1 Å². The molecule has 0 aliphatic carbocycles. The third kappa shape index (κ3) is 2.25. The minimum Gasteiger partial charge on any atom is -0.457 e. The van der Waals surface area contributed by atoms with E-state index in [4.69, 9.17) is 15.6 Å². The third-order valence-corrected chi connectivity index (χ3v) is 3.32. The SMILES string of the molecule is Cc1c([C@H](CN)NCCO)ccc2c1COC2=O. The molecule has 0 unspecified atom stereocenters. The van der Waals surface area contributed by atoms with E-state index in [2.05, 4.69) is 5.32 Å². The Kier molecular flexibility index (Phi) is 3.96. The molecular formula is C13H18N2O3. The number of rotatable bonds is 5. The van der Waals surface area contributed by atoms with E-state index in [0.717, 1.165) is 16.7 Å². The highest BCUT2D eigenvalue weighted by molar-refractivity contribution is 5.93. The number of cyclic esters (lactones) is 1. The number of hydrogen-bond acceptors (Lipinski definition) is 5. The Morgan fingerprint density at radius 2 is 2.33 bits per heavy atom. The second-order valence-corrected chi connectivity index (χ2v) is 4.35. The summed E-state index contributed by atoms with van der Waals surface area (Å²) in [5, 5.41) is 12.0. The van der Waals surface area contributed by atoms with Gasteiger partial charge < -0.3 is 20.9 Å². The van der Waals surface area contributed by atoms with Crippen LogP contribution < -0.4 is 11.1 Å². The van der Waals surface area contributed by atoms with Gasteiger partial charge in [-0.15, -0.1) is 0 Å². The summed E-state index contributed by atoms with van der Waals surface area (Å²) in [5.41, 5.74) is 9.44. The predicted octanol–water partition coefficient (Wildman–Crippen LogP) is 0.247. The van der Waals surface area contributed by atoms with Gasteiger partial charge in [0.25, 0.3) is 0 Å². The fourth-order valence-corrected chi connectivity index (χ4v) is 2.30. The monoisotopic (exact) mass is 250 g/mol. The molecule has 0 fully saturated rings. The smallest absolute Gasteiger partial charge is 0.338 e. The number of aliphatic hydroxyl groups excluding tert-OH is 1. The average molecular weight is 250 g/mol. The van der Waals surface area contributed by atoms with Crippen molar-refractivity contribution in [1.82, 2.24) is 5.32 Å². The van der Waals surface area contributed by atoms with Gasteiger partial charge in [0.15, 0.2) is 0 Å². The van der Waals surface area contributed by atoms with Gasteiger partial charge in [0.1, 0.15) is 6.61 Å². The van der Waals surface area contributed by atoms with E-state index in [-0.39, 0.29) is 18.6 Å². The standard InChI is InChI=1S/C13H18N2O3/c1-8-9(12(6-14)15-4-5-16)2-3-10-11(8)7-18-13(10)17/h2-3,12,15-16H,4-7,14H2,1H3/t12-/m0/s1. The Bertz CT molecular complexity index is 460. The van der Waals surface area contributed by atoms with Crippen molar-refractivity contribution in [2.75, 3.05) is 19.7 Å². The zero-order chi connectivity index (χ0) is 13.1.